The third-order valence-electron chi connectivity index (χ3n) is 4.84. The highest BCUT2D eigenvalue weighted by Crippen LogP contribution is 2.35. The molecule has 1 atom stereocenters. The first kappa shape index (κ1) is 15.8. The van der Waals surface area contributed by atoms with Crippen molar-refractivity contribution in [3.05, 3.63) is 0 Å². The first-order valence-electron chi connectivity index (χ1n) is 7.07. The van der Waals surface area contributed by atoms with Gasteiger partial charge in [0.2, 0.25) is 5.91 Å². The standard InChI is InChI=1S/C14H26N2O.ClH/c1-3-13(2)7-6-10-16(11-13)12(17)14(15)8-4-5-9-14;/h3-11,15H2,1-2H3;1H. The summed E-state index contributed by atoms with van der Waals surface area (Å²) >= 11 is 0. The van der Waals surface area contributed by atoms with Crippen molar-refractivity contribution in [2.24, 2.45) is 11.1 Å². The van der Waals surface area contributed by atoms with E-state index in [-0.39, 0.29) is 18.3 Å². The number of hydrogen-bond acceptors (Lipinski definition) is 2. The first-order chi connectivity index (χ1) is 7.99. The van der Waals surface area contributed by atoms with Crippen molar-refractivity contribution < 1.29 is 4.79 Å². The van der Waals surface area contributed by atoms with Crippen LogP contribution in [0.4, 0.5) is 0 Å². The smallest absolute Gasteiger partial charge is 0.242 e. The number of hydrogen-bond donors (Lipinski definition) is 1. The molecule has 1 aliphatic heterocycles. The van der Waals surface area contributed by atoms with Crippen LogP contribution < -0.4 is 5.73 Å². The average Bonchev–Trinajstić information content (AvgIpc) is 2.76. The molecule has 1 unspecified atom stereocenters. The maximum Gasteiger partial charge on any atom is 0.242 e. The second-order valence-electron chi connectivity index (χ2n) is 6.36. The molecule has 0 aromatic heterocycles. The van der Waals surface area contributed by atoms with Gasteiger partial charge >= 0.3 is 0 Å². The van der Waals surface area contributed by atoms with Gasteiger partial charge in [0.05, 0.1) is 5.54 Å². The molecule has 0 spiro atoms. The zero-order valence-corrected chi connectivity index (χ0v) is 12.5. The minimum absolute atomic E-state index is 0. The van der Waals surface area contributed by atoms with Crippen molar-refractivity contribution in [2.75, 3.05) is 13.1 Å². The molecule has 2 rings (SSSR count). The maximum atomic E-state index is 12.5. The molecule has 1 saturated heterocycles. The van der Waals surface area contributed by atoms with Crippen LogP contribution in [0.5, 0.6) is 0 Å². The molecule has 1 heterocycles. The Kier molecular flexibility index (Phi) is 5.07. The summed E-state index contributed by atoms with van der Waals surface area (Å²) in [5.74, 6) is 0.217. The van der Waals surface area contributed by atoms with E-state index in [9.17, 15) is 4.79 Å². The average molecular weight is 275 g/mol. The molecule has 18 heavy (non-hydrogen) atoms. The number of amides is 1. The first-order valence-corrected chi connectivity index (χ1v) is 7.07. The van der Waals surface area contributed by atoms with E-state index in [0.29, 0.717) is 5.41 Å². The number of carbonyl (C=O) groups excluding carboxylic acids is 1. The Morgan fingerprint density at radius 3 is 2.39 bits per heavy atom. The van der Waals surface area contributed by atoms with Gasteiger partial charge in [-0.15, -0.1) is 12.4 Å². The number of halogens is 1. The Morgan fingerprint density at radius 1 is 1.22 bits per heavy atom. The van der Waals surface area contributed by atoms with Gasteiger partial charge in [-0.1, -0.05) is 26.7 Å². The van der Waals surface area contributed by atoms with Crippen molar-refractivity contribution in [1.29, 1.82) is 0 Å². The summed E-state index contributed by atoms with van der Waals surface area (Å²) < 4.78 is 0. The van der Waals surface area contributed by atoms with Gasteiger partial charge in [0, 0.05) is 13.1 Å². The Balaban J connectivity index is 0.00000162. The normalized spacial score (nSPS) is 30.9. The lowest BCUT2D eigenvalue weighted by Crippen LogP contribution is -2.57. The molecule has 2 N–H and O–H groups in total. The predicted octanol–water partition coefficient (Wildman–Crippen LogP) is 2.72. The van der Waals surface area contributed by atoms with Gasteiger partial charge in [-0.3, -0.25) is 4.79 Å². The van der Waals surface area contributed by atoms with E-state index in [1.54, 1.807) is 0 Å². The van der Waals surface area contributed by atoms with Crippen LogP contribution in [-0.4, -0.2) is 29.4 Å². The molecular formula is C14H27ClN2O. The third kappa shape index (κ3) is 3.00. The summed E-state index contributed by atoms with van der Waals surface area (Å²) in [5, 5.41) is 0. The summed E-state index contributed by atoms with van der Waals surface area (Å²) in [7, 11) is 0. The van der Waals surface area contributed by atoms with Gasteiger partial charge in [-0.2, -0.15) is 0 Å². The van der Waals surface area contributed by atoms with E-state index in [0.717, 1.165) is 51.6 Å². The highest BCUT2D eigenvalue weighted by Gasteiger charge is 2.42. The molecule has 0 radical (unpaired) electrons. The Morgan fingerprint density at radius 2 is 1.83 bits per heavy atom. The van der Waals surface area contributed by atoms with Crippen LogP contribution in [0.1, 0.15) is 58.8 Å². The lowest BCUT2D eigenvalue weighted by molar-refractivity contribution is -0.140. The molecule has 1 saturated carbocycles. The van der Waals surface area contributed by atoms with Crippen molar-refractivity contribution in [3.8, 4) is 0 Å². The van der Waals surface area contributed by atoms with Gasteiger partial charge in [0.1, 0.15) is 0 Å². The number of carbonyl (C=O) groups is 1. The summed E-state index contributed by atoms with van der Waals surface area (Å²) in [6.07, 6.45) is 7.50. The SMILES string of the molecule is CCC1(C)CCCN(C(=O)C2(N)CCCC2)C1.Cl. The van der Waals surface area contributed by atoms with Gasteiger partial charge in [0.15, 0.2) is 0 Å². The second-order valence-corrected chi connectivity index (χ2v) is 6.36. The summed E-state index contributed by atoms with van der Waals surface area (Å²) in [6.45, 7) is 6.33. The molecule has 0 aromatic rings. The fourth-order valence-electron chi connectivity index (χ4n) is 3.31. The zero-order chi connectivity index (χ0) is 12.5. The Hall–Kier alpha value is -0.280. The fraction of sp³-hybridized carbons (Fsp3) is 0.929. The van der Waals surface area contributed by atoms with Crippen LogP contribution >= 0.6 is 12.4 Å². The van der Waals surface area contributed by atoms with E-state index >= 15 is 0 Å². The molecule has 1 aliphatic carbocycles. The van der Waals surface area contributed by atoms with Crippen LogP contribution in [0, 0.1) is 5.41 Å². The van der Waals surface area contributed by atoms with Crippen molar-refractivity contribution in [3.63, 3.8) is 0 Å². The topological polar surface area (TPSA) is 46.3 Å². The highest BCUT2D eigenvalue weighted by atomic mass is 35.5. The molecule has 3 nitrogen and oxygen atoms in total. The minimum atomic E-state index is -0.536. The summed E-state index contributed by atoms with van der Waals surface area (Å²) in [5.41, 5.74) is 6.04. The molecule has 4 heteroatoms. The van der Waals surface area contributed by atoms with Crippen LogP contribution in [0.3, 0.4) is 0 Å². The number of nitrogens with zero attached hydrogens (tertiary/aromatic N) is 1. The maximum absolute atomic E-state index is 12.5. The monoisotopic (exact) mass is 274 g/mol. The van der Waals surface area contributed by atoms with Crippen LogP contribution in [-0.2, 0) is 4.79 Å². The Bertz CT molecular complexity index is 302. The number of nitrogens with two attached hydrogens (primary N) is 1. The second kappa shape index (κ2) is 5.79. The van der Waals surface area contributed by atoms with E-state index in [1.165, 1.54) is 6.42 Å². The van der Waals surface area contributed by atoms with Crippen molar-refractivity contribution in [1.82, 2.24) is 4.90 Å². The number of likely N-dealkylation sites (tertiary alicyclic amines) is 1. The number of rotatable bonds is 2. The quantitative estimate of drug-likeness (QED) is 0.842. The van der Waals surface area contributed by atoms with E-state index < -0.39 is 5.54 Å². The molecule has 2 aliphatic rings. The minimum Gasteiger partial charge on any atom is -0.341 e. The Labute approximate surface area is 117 Å². The van der Waals surface area contributed by atoms with E-state index in [4.69, 9.17) is 5.73 Å². The molecule has 2 fully saturated rings. The van der Waals surface area contributed by atoms with Gasteiger partial charge in [-0.25, -0.2) is 0 Å². The van der Waals surface area contributed by atoms with Gasteiger partial charge < -0.3 is 10.6 Å². The molecule has 1 amide bonds. The van der Waals surface area contributed by atoms with E-state index in [1.807, 2.05) is 4.90 Å². The molecular weight excluding hydrogens is 248 g/mol. The van der Waals surface area contributed by atoms with Gasteiger partial charge in [-0.05, 0) is 37.5 Å². The molecule has 0 bridgehead atoms. The summed E-state index contributed by atoms with van der Waals surface area (Å²) in [4.78, 5) is 14.6. The number of piperidine rings is 1. The van der Waals surface area contributed by atoms with Crippen molar-refractivity contribution in [2.45, 2.75) is 64.3 Å². The lowest BCUT2D eigenvalue weighted by Gasteiger charge is -2.42. The lowest BCUT2D eigenvalue weighted by atomic mass is 9.79. The zero-order valence-electron chi connectivity index (χ0n) is 11.7. The van der Waals surface area contributed by atoms with E-state index in [2.05, 4.69) is 13.8 Å². The van der Waals surface area contributed by atoms with Gasteiger partial charge in [0.25, 0.3) is 0 Å². The van der Waals surface area contributed by atoms with Crippen molar-refractivity contribution >= 4 is 18.3 Å². The summed E-state index contributed by atoms with van der Waals surface area (Å²) in [6, 6.07) is 0. The van der Waals surface area contributed by atoms with Crippen LogP contribution in [0.25, 0.3) is 0 Å². The fourth-order valence-corrected chi connectivity index (χ4v) is 3.31. The van der Waals surface area contributed by atoms with Crippen LogP contribution in [0.15, 0.2) is 0 Å². The molecule has 0 aromatic carbocycles. The van der Waals surface area contributed by atoms with Crippen LogP contribution in [0.2, 0.25) is 0 Å². The molecule has 106 valence electrons. The third-order valence-corrected chi connectivity index (χ3v) is 4.84. The largest absolute Gasteiger partial charge is 0.341 e. The highest BCUT2D eigenvalue weighted by molar-refractivity contribution is 5.86. The predicted molar refractivity (Wildman–Crippen MR) is 76.8 cm³/mol.